The fourth-order valence-electron chi connectivity index (χ4n) is 2.41. The molecule has 0 bridgehead atoms. The minimum Gasteiger partial charge on any atom is -0.396 e. The first-order valence-electron chi connectivity index (χ1n) is 7.14. The van der Waals surface area contributed by atoms with Crippen LogP contribution >= 0.6 is 0 Å². The van der Waals surface area contributed by atoms with E-state index < -0.39 is 0 Å². The monoisotopic (exact) mass is 292 g/mol. The number of nitrogens with one attached hydrogen (secondary N) is 1. The second-order valence-corrected chi connectivity index (χ2v) is 4.95. The van der Waals surface area contributed by atoms with E-state index in [0.717, 1.165) is 11.1 Å². The Morgan fingerprint density at radius 3 is 2.09 bits per heavy atom. The highest BCUT2D eigenvalue weighted by molar-refractivity contribution is 5.66. The largest absolute Gasteiger partial charge is 0.396 e. The van der Waals surface area contributed by atoms with Gasteiger partial charge < -0.3 is 10.1 Å². The van der Waals surface area contributed by atoms with E-state index in [2.05, 4.69) is 9.97 Å². The molecule has 2 aromatic carbocycles. The van der Waals surface area contributed by atoms with E-state index in [-0.39, 0.29) is 18.6 Å². The molecule has 0 aliphatic rings. The molecule has 0 saturated heterocycles. The summed E-state index contributed by atoms with van der Waals surface area (Å²) in [6, 6.07) is 19.1. The Morgan fingerprint density at radius 1 is 0.909 bits per heavy atom. The molecule has 0 saturated carbocycles. The number of aromatic nitrogens is 2. The number of aliphatic hydroxyl groups is 1. The first kappa shape index (κ1) is 14.2. The Balaban J connectivity index is 2.21. The zero-order chi connectivity index (χ0) is 15.4. The van der Waals surface area contributed by atoms with Crippen LogP contribution in [-0.4, -0.2) is 21.7 Å². The summed E-state index contributed by atoms with van der Waals surface area (Å²) in [5.41, 5.74) is 2.65. The van der Waals surface area contributed by atoms with Gasteiger partial charge in [0.25, 0.3) is 5.56 Å². The molecule has 0 spiro atoms. The number of benzene rings is 2. The van der Waals surface area contributed by atoms with Crippen LogP contribution < -0.4 is 5.56 Å². The molecule has 4 nitrogen and oxygen atoms in total. The maximum atomic E-state index is 12.4. The van der Waals surface area contributed by atoms with Crippen molar-refractivity contribution < 1.29 is 5.11 Å². The van der Waals surface area contributed by atoms with E-state index in [1.54, 1.807) is 0 Å². The maximum absolute atomic E-state index is 12.4. The average Bonchev–Trinajstić information content (AvgIpc) is 2.58. The zero-order valence-corrected chi connectivity index (χ0v) is 12.0. The standard InChI is InChI=1S/C18H16N2O2/c21-12-11-15-16(13-7-3-1-4-8-13)19-17(20-18(15)22)14-9-5-2-6-10-14/h1-10,21H,11-12H2,(H,19,20,22). The van der Waals surface area contributed by atoms with Crippen molar-refractivity contribution in [2.45, 2.75) is 6.42 Å². The van der Waals surface area contributed by atoms with Gasteiger partial charge in [0.15, 0.2) is 0 Å². The molecule has 0 aliphatic carbocycles. The fourth-order valence-corrected chi connectivity index (χ4v) is 2.41. The molecule has 110 valence electrons. The molecule has 0 radical (unpaired) electrons. The van der Waals surface area contributed by atoms with Gasteiger partial charge in [-0.3, -0.25) is 4.79 Å². The minimum absolute atomic E-state index is 0.0880. The third-order valence-corrected chi connectivity index (χ3v) is 3.47. The van der Waals surface area contributed by atoms with Gasteiger partial charge in [-0.15, -0.1) is 0 Å². The molecule has 1 aromatic heterocycles. The summed E-state index contributed by atoms with van der Waals surface area (Å²) in [4.78, 5) is 19.8. The van der Waals surface area contributed by atoms with Crippen LogP contribution in [0, 0.1) is 0 Å². The second-order valence-electron chi connectivity index (χ2n) is 4.95. The smallest absolute Gasteiger partial charge is 0.255 e. The van der Waals surface area contributed by atoms with Crippen molar-refractivity contribution in [1.82, 2.24) is 9.97 Å². The quantitative estimate of drug-likeness (QED) is 0.777. The molecule has 22 heavy (non-hydrogen) atoms. The molecule has 0 unspecified atom stereocenters. The van der Waals surface area contributed by atoms with Gasteiger partial charge >= 0.3 is 0 Å². The van der Waals surface area contributed by atoms with Crippen LogP contribution in [0.1, 0.15) is 5.56 Å². The van der Waals surface area contributed by atoms with Crippen LogP contribution in [0.5, 0.6) is 0 Å². The lowest BCUT2D eigenvalue weighted by atomic mass is 10.0. The first-order chi connectivity index (χ1) is 10.8. The van der Waals surface area contributed by atoms with E-state index in [9.17, 15) is 9.90 Å². The van der Waals surface area contributed by atoms with E-state index in [1.165, 1.54) is 0 Å². The molecule has 0 atom stereocenters. The summed E-state index contributed by atoms with van der Waals surface area (Å²) < 4.78 is 0. The van der Waals surface area contributed by atoms with Crippen LogP contribution in [0.3, 0.4) is 0 Å². The third-order valence-electron chi connectivity index (χ3n) is 3.47. The third kappa shape index (κ3) is 2.82. The number of aromatic amines is 1. The van der Waals surface area contributed by atoms with Gasteiger partial charge in [0.1, 0.15) is 5.82 Å². The summed E-state index contributed by atoms with van der Waals surface area (Å²) in [6.07, 6.45) is 0.279. The van der Waals surface area contributed by atoms with E-state index in [0.29, 0.717) is 17.1 Å². The van der Waals surface area contributed by atoms with Crippen molar-refractivity contribution in [2.75, 3.05) is 6.61 Å². The predicted octanol–water partition coefficient (Wildman–Crippen LogP) is 2.64. The summed E-state index contributed by atoms with van der Waals surface area (Å²) in [6.45, 7) is -0.0880. The van der Waals surface area contributed by atoms with Gasteiger partial charge in [-0.2, -0.15) is 0 Å². The topological polar surface area (TPSA) is 66.0 Å². The Morgan fingerprint density at radius 2 is 1.50 bits per heavy atom. The van der Waals surface area contributed by atoms with Crippen molar-refractivity contribution in [3.8, 4) is 22.6 Å². The molecule has 2 N–H and O–H groups in total. The Hall–Kier alpha value is -2.72. The highest BCUT2D eigenvalue weighted by atomic mass is 16.3. The highest BCUT2D eigenvalue weighted by Crippen LogP contribution is 2.22. The van der Waals surface area contributed by atoms with Gasteiger partial charge in [0.05, 0.1) is 5.69 Å². The number of rotatable bonds is 4. The Labute approximate surface area is 128 Å². The lowest BCUT2D eigenvalue weighted by molar-refractivity contribution is 0.299. The Kier molecular flexibility index (Phi) is 4.12. The zero-order valence-electron chi connectivity index (χ0n) is 12.0. The van der Waals surface area contributed by atoms with Crippen molar-refractivity contribution in [3.05, 3.63) is 76.6 Å². The van der Waals surface area contributed by atoms with Crippen molar-refractivity contribution >= 4 is 0 Å². The molecule has 1 heterocycles. The first-order valence-corrected chi connectivity index (χ1v) is 7.14. The van der Waals surface area contributed by atoms with Gasteiger partial charge in [0.2, 0.25) is 0 Å². The van der Waals surface area contributed by atoms with E-state index >= 15 is 0 Å². The average molecular weight is 292 g/mol. The van der Waals surface area contributed by atoms with Gasteiger partial charge in [-0.25, -0.2) is 4.98 Å². The summed E-state index contributed by atoms with van der Waals surface area (Å²) in [7, 11) is 0. The van der Waals surface area contributed by atoms with Crippen molar-refractivity contribution in [3.63, 3.8) is 0 Å². The minimum atomic E-state index is -0.207. The Bertz CT molecular complexity index is 811. The summed E-state index contributed by atoms with van der Waals surface area (Å²) >= 11 is 0. The summed E-state index contributed by atoms with van der Waals surface area (Å²) in [5.74, 6) is 0.533. The molecule has 3 rings (SSSR count). The van der Waals surface area contributed by atoms with E-state index in [1.807, 2.05) is 60.7 Å². The molecule has 4 heteroatoms. The molecule has 0 aliphatic heterocycles. The van der Waals surface area contributed by atoms with E-state index in [4.69, 9.17) is 0 Å². The lowest BCUT2D eigenvalue weighted by Crippen LogP contribution is -2.18. The molecule has 0 amide bonds. The fraction of sp³-hybridized carbons (Fsp3) is 0.111. The van der Waals surface area contributed by atoms with Gasteiger partial charge in [-0.1, -0.05) is 60.7 Å². The SMILES string of the molecule is O=c1[nH]c(-c2ccccc2)nc(-c2ccccc2)c1CCO. The summed E-state index contributed by atoms with van der Waals surface area (Å²) in [5, 5.41) is 9.22. The van der Waals surface area contributed by atoms with Crippen molar-refractivity contribution in [2.24, 2.45) is 0 Å². The lowest BCUT2D eigenvalue weighted by Gasteiger charge is -2.10. The number of H-pyrrole nitrogens is 1. The predicted molar refractivity (Wildman–Crippen MR) is 86.5 cm³/mol. The second kappa shape index (κ2) is 6.37. The molecular weight excluding hydrogens is 276 g/mol. The van der Waals surface area contributed by atoms with Crippen LogP contribution in [0.25, 0.3) is 22.6 Å². The van der Waals surface area contributed by atoms with Crippen LogP contribution in [0.2, 0.25) is 0 Å². The van der Waals surface area contributed by atoms with Gasteiger partial charge in [0, 0.05) is 29.7 Å². The van der Waals surface area contributed by atoms with Crippen LogP contribution in [-0.2, 0) is 6.42 Å². The number of hydrogen-bond donors (Lipinski definition) is 2. The van der Waals surface area contributed by atoms with Crippen LogP contribution in [0.15, 0.2) is 65.5 Å². The van der Waals surface area contributed by atoms with Gasteiger partial charge in [-0.05, 0) is 0 Å². The highest BCUT2D eigenvalue weighted by Gasteiger charge is 2.13. The normalized spacial score (nSPS) is 10.6. The maximum Gasteiger partial charge on any atom is 0.255 e. The number of hydrogen-bond acceptors (Lipinski definition) is 3. The molecule has 0 fully saturated rings. The number of aliphatic hydroxyl groups excluding tert-OH is 1. The van der Waals surface area contributed by atoms with Crippen molar-refractivity contribution in [1.29, 1.82) is 0 Å². The van der Waals surface area contributed by atoms with Crippen LogP contribution in [0.4, 0.5) is 0 Å². The molecular formula is C18H16N2O2. The number of nitrogens with zero attached hydrogens (tertiary/aromatic N) is 1. The molecule has 3 aromatic rings.